The first kappa shape index (κ1) is 28.1. The lowest BCUT2D eigenvalue weighted by Gasteiger charge is -2.04. The van der Waals surface area contributed by atoms with Gasteiger partial charge in [-0.2, -0.15) is 0 Å². The Hall–Kier alpha value is -2.89. The molecule has 6 heteroatoms. The number of carboxylic acid groups (broad SMARTS) is 2. The first-order valence-electron chi connectivity index (χ1n) is 10.5. The highest BCUT2D eigenvalue weighted by Gasteiger charge is 2.06. The SMILES string of the molecule is CC(=CCCC(C)=CCOC(=O)C(C)=CC(=O)O)CCC=C(C)CCC=C(C)C(=O)O. The summed E-state index contributed by atoms with van der Waals surface area (Å²) in [6, 6.07) is 0. The molecule has 0 aromatic rings. The summed E-state index contributed by atoms with van der Waals surface area (Å²) < 4.78 is 5.03. The second kappa shape index (κ2) is 15.9. The standard InChI is InChI=1S/C25H36O6/c1-18(9-6-10-19(2)13-8-14-21(4)24(28)29)11-7-12-20(3)15-16-31-25(30)22(5)17-23(26)27/h10-11,14-15,17H,6-9,12-13,16H2,1-5H3,(H,26,27)(H,28,29). The molecule has 0 heterocycles. The highest BCUT2D eigenvalue weighted by Crippen LogP contribution is 2.13. The normalized spacial score (nSPS) is 13.9. The predicted molar refractivity (Wildman–Crippen MR) is 123 cm³/mol. The van der Waals surface area contributed by atoms with Crippen LogP contribution in [-0.2, 0) is 19.1 Å². The average molecular weight is 433 g/mol. The van der Waals surface area contributed by atoms with Crippen LogP contribution in [0.5, 0.6) is 0 Å². The first-order chi connectivity index (χ1) is 14.5. The Balaban J connectivity index is 4.22. The van der Waals surface area contributed by atoms with Crippen molar-refractivity contribution in [3.63, 3.8) is 0 Å². The van der Waals surface area contributed by atoms with Crippen molar-refractivity contribution < 1.29 is 29.3 Å². The van der Waals surface area contributed by atoms with Gasteiger partial charge in [-0.15, -0.1) is 0 Å². The van der Waals surface area contributed by atoms with Gasteiger partial charge < -0.3 is 14.9 Å². The molecule has 0 atom stereocenters. The Morgan fingerprint density at radius 2 is 1.13 bits per heavy atom. The van der Waals surface area contributed by atoms with E-state index in [4.69, 9.17) is 14.9 Å². The van der Waals surface area contributed by atoms with Crippen LogP contribution in [-0.4, -0.2) is 34.7 Å². The van der Waals surface area contributed by atoms with Crippen LogP contribution in [0.2, 0.25) is 0 Å². The topological polar surface area (TPSA) is 101 Å². The van der Waals surface area contributed by atoms with Crippen molar-refractivity contribution in [3.8, 4) is 0 Å². The Labute approximate surface area is 185 Å². The lowest BCUT2D eigenvalue weighted by Crippen LogP contribution is -2.07. The summed E-state index contributed by atoms with van der Waals surface area (Å²) in [5.74, 6) is -2.66. The lowest BCUT2D eigenvalue weighted by molar-refractivity contribution is -0.139. The van der Waals surface area contributed by atoms with Gasteiger partial charge in [0, 0.05) is 17.2 Å². The number of hydrogen-bond donors (Lipinski definition) is 2. The average Bonchev–Trinajstić information content (AvgIpc) is 2.67. The van der Waals surface area contributed by atoms with Gasteiger partial charge in [-0.05, 0) is 79.2 Å². The monoisotopic (exact) mass is 432 g/mol. The molecule has 0 rings (SSSR count). The number of aliphatic carboxylic acids is 2. The van der Waals surface area contributed by atoms with Gasteiger partial charge in [-0.1, -0.05) is 34.9 Å². The summed E-state index contributed by atoms with van der Waals surface area (Å²) in [4.78, 5) is 32.9. The third-order valence-electron chi connectivity index (χ3n) is 4.70. The minimum absolute atomic E-state index is 0.0632. The number of esters is 1. The molecule has 6 nitrogen and oxygen atoms in total. The second-order valence-electron chi connectivity index (χ2n) is 7.72. The van der Waals surface area contributed by atoms with Crippen LogP contribution in [0.4, 0.5) is 0 Å². The van der Waals surface area contributed by atoms with Crippen LogP contribution in [0.15, 0.2) is 58.2 Å². The van der Waals surface area contributed by atoms with E-state index in [9.17, 15) is 14.4 Å². The molecule has 0 fully saturated rings. The van der Waals surface area contributed by atoms with E-state index in [-0.39, 0.29) is 12.2 Å². The molecule has 0 saturated heterocycles. The highest BCUT2D eigenvalue weighted by molar-refractivity contribution is 5.95. The molecular formula is C25H36O6. The van der Waals surface area contributed by atoms with E-state index in [1.807, 2.05) is 13.0 Å². The summed E-state index contributed by atoms with van der Waals surface area (Å²) >= 11 is 0. The summed E-state index contributed by atoms with van der Waals surface area (Å²) in [7, 11) is 0. The summed E-state index contributed by atoms with van der Waals surface area (Å²) in [5.41, 5.74) is 4.15. The van der Waals surface area contributed by atoms with Gasteiger partial charge in [0.1, 0.15) is 6.61 Å². The fraction of sp³-hybridized carbons (Fsp3) is 0.480. The van der Waals surface area contributed by atoms with E-state index in [0.29, 0.717) is 5.57 Å². The Bertz CT molecular complexity index is 778. The van der Waals surface area contributed by atoms with E-state index < -0.39 is 17.9 Å². The number of hydrogen-bond acceptors (Lipinski definition) is 4. The van der Waals surface area contributed by atoms with E-state index in [0.717, 1.165) is 50.2 Å². The molecule has 0 aliphatic rings. The highest BCUT2D eigenvalue weighted by atomic mass is 16.5. The zero-order valence-electron chi connectivity index (χ0n) is 19.4. The van der Waals surface area contributed by atoms with Crippen molar-refractivity contribution in [2.75, 3.05) is 6.61 Å². The van der Waals surface area contributed by atoms with Crippen molar-refractivity contribution in [2.24, 2.45) is 0 Å². The van der Waals surface area contributed by atoms with Crippen molar-refractivity contribution in [1.82, 2.24) is 0 Å². The molecule has 0 radical (unpaired) electrons. The van der Waals surface area contributed by atoms with E-state index in [1.165, 1.54) is 18.1 Å². The summed E-state index contributed by atoms with van der Waals surface area (Å²) in [6.45, 7) is 9.31. The summed E-state index contributed by atoms with van der Waals surface area (Å²) in [6.07, 6.45) is 14.2. The molecule has 0 aliphatic carbocycles. The third kappa shape index (κ3) is 15.6. The van der Waals surface area contributed by atoms with E-state index >= 15 is 0 Å². The minimum Gasteiger partial charge on any atom is -0.478 e. The fourth-order valence-electron chi connectivity index (χ4n) is 2.62. The van der Waals surface area contributed by atoms with Crippen molar-refractivity contribution in [1.29, 1.82) is 0 Å². The van der Waals surface area contributed by atoms with Crippen molar-refractivity contribution in [2.45, 2.75) is 73.1 Å². The lowest BCUT2D eigenvalue weighted by atomic mass is 10.0. The molecule has 0 unspecified atom stereocenters. The van der Waals surface area contributed by atoms with E-state index in [1.54, 1.807) is 13.0 Å². The molecule has 0 aliphatic heterocycles. The number of carbonyl (C=O) groups is 3. The molecule has 0 bridgehead atoms. The van der Waals surface area contributed by atoms with Gasteiger partial charge in [0.05, 0.1) is 0 Å². The zero-order chi connectivity index (χ0) is 23.8. The Morgan fingerprint density at radius 1 is 0.677 bits per heavy atom. The smallest absolute Gasteiger partial charge is 0.334 e. The molecule has 31 heavy (non-hydrogen) atoms. The van der Waals surface area contributed by atoms with Crippen molar-refractivity contribution in [3.05, 3.63) is 58.2 Å². The minimum atomic E-state index is -1.17. The van der Waals surface area contributed by atoms with Crippen LogP contribution in [0.1, 0.15) is 73.1 Å². The van der Waals surface area contributed by atoms with Crippen molar-refractivity contribution >= 4 is 17.9 Å². The predicted octanol–water partition coefficient (Wildman–Crippen LogP) is 5.77. The molecule has 0 spiro atoms. The van der Waals surface area contributed by atoms with Gasteiger partial charge in [0.2, 0.25) is 0 Å². The summed E-state index contributed by atoms with van der Waals surface area (Å²) in [5, 5.41) is 17.4. The first-order valence-corrected chi connectivity index (χ1v) is 10.5. The third-order valence-corrected chi connectivity index (χ3v) is 4.70. The number of ether oxygens (including phenoxy) is 1. The number of carbonyl (C=O) groups excluding carboxylic acids is 1. The molecule has 0 aromatic carbocycles. The number of allylic oxidation sites excluding steroid dienone is 6. The fourth-order valence-corrected chi connectivity index (χ4v) is 2.62. The Kier molecular flexibility index (Phi) is 14.4. The van der Waals surface area contributed by atoms with Crippen LogP contribution < -0.4 is 0 Å². The molecule has 0 aromatic heterocycles. The largest absolute Gasteiger partial charge is 0.478 e. The molecular weight excluding hydrogens is 396 g/mol. The quantitative estimate of drug-likeness (QED) is 0.205. The van der Waals surface area contributed by atoms with Crippen LogP contribution in [0.3, 0.4) is 0 Å². The van der Waals surface area contributed by atoms with Gasteiger partial charge >= 0.3 is 17.9 Å². The van der Waals surface area contributed by atoms with Crippen LogP contribution >= 0.6 is 0 Å². The van der Waals surface area contributed by atoms with Crippen LogP contribution in [0, 0.1) is 0 Å². The van der Waals surface area contributed by atoms with Gasteiger partial charge in [0.15, 0.2) is 0 Å². The molecule has 0 amide bonds. The zero-order valence-corrected chi connectivity index (χ0v) is 19.4. The molecule has 0 saturated carbocycles. The number of carboxylic acids is 2. The van der Waals surface area contributed by atoms with E-state index in [2.05, 4.69) is 26.0 Å². The maximum atomic E-state index is 11.6. The molecule has 172 valence electrons. The van der Waals surface area contributed by atoms with Gasteiger partial charge in [0.25, 0.3) is 0 Å². The maximum Gasteiger partial charge on any atom is 0.334 e. The Morgan fingerprint density at radius 3 is 1.58 bits per heavy atom. The van der Waals surface area contributed by atoms with Gasteiger partial charge in [-0.3, -0.25) is 0 Å². The van der Waals surface area contributed by atoms with Gasteiger partial charge in [-0.25, -0.2) is 14.4 Å². The second-order valence-corrected chi connectivity index (χ2v) is 7.72. The number of rotatable bonds is 14. The molecule has 2 N–H and O–H groups in total. The van der Waals surface area contributed by atoms with Crippen LogP contribution in [0.25, 0.3) is 0 Å². The maximum absolute atomic E-state index is 11.6.